The third kappa shape index (κ3) is 1.88. The van der Waals surface area contributed by atoms with E-state index in [4.69, 9.17) is 9.47 Å². The fourth-order valence-corrected chi connectivity index (χ4v) is 8.01. The van der Waals surface area contributed by atoms with Crippen LogP contribution in [-0.4, -0.2) is 61.1 Å². The van der Waals surface area contributed by atoms with Gasteiger partial charge >= 0.3 is 11.9 Å². The number of carbonyl (C=O) groups is 5. The number of hydrogen-bond acceptors (Lipinski definition) is 7. The Bertz CT molecular complexity index is 984. The highest BCUT2D eigenvalue weighted by molar-refractivity contribution is 6.12. The van der Waals surface area contributed by atoms with Gasteiger partial charge in [-0.05, 0) is 25.2 Å². The molecule has 166 valence electrons. The third-order valence-corrected chi connectivity index (χ3v) is 9.38. The van der Waals surface area contributed by atoms with Crippen molar-refractivity contribution in [2.45, 2.75) is 45.6 Å². The summed E-state index contributed by atoms with van der Waals surface area (Å²) >= 11 is 0. The average Bonchev–Trinajstić information content (AvgIpc) is 3.22. The van der Waals surface area contributed by atoms with Crippen molar-refractivity contribution in [3.63, 3.8) is 0 Å². The van der Waals surface area contributed by atoms with E-state index in [1.54, 1.807) is 11.0 Å². The summed E-state index contributed by atoms with van der Waals surface area (Å²) in [7, 11) is 2.49. The summed E-state index contributed by atoms with van der Waals surface area (Å²) in [5, 5.41) is 0. The van der Waals surface area contributed by atoms with Crippen LogP contribution in [0.1, 0.15) is 39.5 Å². The molecule has 1 spiro atoms. The highest BCUT2D eigenvalue weighted by Gasteiger charge is 2.84. The van der Waals surface area contributed by atoms with Gasteiger partial charge in [-0.1, -0.05) is 19.9 Å². The number of allylic oxidation sites excluding steroid dienone is 1. The first-order valence-corrected chi connectivity index (χ1v) is 10.9. The number of Topliss-reactive ketones (excluding diaryl/α,β-unsaturated/α-hetero) is 2. The molecule has 8 nitrogen and oxygen atoms in total. The van der Waals surface area contributed by atoms with Crippen LogP contribution in [0.5, 0.6) is 0 Å². The molecule has 2 bridgehead atoms. The first-order valence-electron chi connectivity index (χ1n) is 10.9. The van der Waals surface area contributed by atoms with Crippen molar-refractivity contribution in [3.8, 4) is 0 Å². The Morgan fingerprint density at radius 2 is 1.87 bits per heavy atom. The van der Waals surface area contributed by atoms with Crippen molar-refractivity contribution in [2.24, 2.45) is 34.0 Å². The topological polar surface area (TPSA) is 107 Å². The number of ketones is 2. The first-order chi connectivity index (χ1) is 14.6. The van der Waals surface area contributed by atoms with Gasteiger partial charge in [0.1, 0.15) is 11.6 Å². The SMILES string of the molecule is COC(=O)C1=CC[C@@]23C(=O)C4CC5N(C[C@H]4C)C(=O)[C@@](C(=O)OC)(CCC(=O)[C@H]12)[C@]53C. The minimum absolute atomic E-state index is 0.0140. The Balaban J connectivity index is 1.86. The van der Waals surface area contributed by atoms with E-state index >= 15 is 0 Å². The van der Waals surface area contributed by atoms with Gasteiger partial charge < -0.3 is 14.4 Å². The van der Waals surface area contributed by atoms with Crippen LogP contribution in [0.25, 0.3) is 0 Å². The Morgan fingerprint density at radius 3 is 2.52 bits per heavy atom. The van der Waals surface area contributed by atoms with Gasteiger partial charge in [0.2, 0.25) is 5.91 Å². The lowest BCUT2D eigenvalue weighted by Gasteiger charge is -2.60. The molecule has 2 saturated carbocycles. The smallest absolute Gasteiger partial charge is 0.334 e. The van der Waals surface area contributed by atoms with Gasteiger partial charge in [-0.25, -0.2) is 4.79 Å². The normalized spacial score (nSPS) is 45.1. The predicted octanol–water partition coefficient (Wildman–Crippen LogP) is 1.07. The van der Waals surface area contributed by atoms with Gasteiger partial charge in [-0.15, -0.1) is 0 Å². The quantitative estimate of drug-likeness (QED) is 0.477. The molecule has 0 aromatic carbocycles. The Kier molecular flexibility index (Phi) is 3.98. The van der Waals surface area contributed by atoms with Crippen LogP contribution in [0.15, 0.2) is 11.6 Å². The van der Waals surface area contributed by atoms with E-state index in [1.165, 1.54) is 14.2 Å². The predicted molar refractivity (Wildman–Crippen MR) is 105 cm³/mol. The summed E-state index contributed by atoms with van der Waals surface area (Å²) in [6, 6.07) is -0.364. The maximum absolute atomic E-state index is 14.2. The summed E-state index contributed by atoms with van der Waals surface area (Å²) in [5.41, 5.74) is -3.95. The molecule has 5 rings (SSSR count). The fraction of sp³-hybridized carbons (Fsp3) is 0.696. The molecule has 2 aliphatic heterocycles. The standard InChI is InChI=1S/C23H27NO7/c1-11-10-24-15-9-13(11)17(26)22-7-5-12(18(27)30-3)16(22)14(25)6-8-23(19(24)28,20(29)31-4)21(15,22)2/h5,11,13,15-16H,6-10H2,1-4H3/t11-,13?,15?,16+,21-,22+,23-/m1/s1. The molecule has 31 heavy (non-hydrogen) atoms. The van der Waals surface area contributed by atoms with Gasteiger partial charge in [0.25, 0.3) is 0 Å². The molecule has 4 fully saturated rings. The number of piperidine rings is 1. The Hall–Kier alpha value is -2.51. The van der Waals surface area contributed by atoms with E-state index in [1.807, 2.05) is 13.8 Å². The second kappa shape index (κ2) is 6.04. The van der Waals surface area contributed by atoms with Gasteiger partial charge in [0.05, 0.1) is 25.6 Å². The van der Waals surface area contributed by atoms with Crippen LogP contribution in [0, 0.1) is 34.0 Å². The number of hydrogen-bond donors (Lipinski definition) is 0. The lowest BCUT2D eigenvalue weighted by Crippen LogP contribution is -2.69. The number of nitrogens with zero attached hydrogens (tertiary/aromatic N) is 1. The van der Waals surface area contributed by atoms with E-state index in [2.05, 4.69) is 0 Å². The number of methoxy groups -OCH3 is 2. The van der Waals surface area contributed by atoms with Crippen molar-refractivity contribution >= 4 is 29.4 Å². The van der Waals surface area contributed by atoms with Crippen LogP contribution in [-0.2, 0) is 33.4 Å². The largest absolute Gasteiger partial charge is 0.468 e. The molecule has 7 atom stereocenters. The molecule has 0 N–H and O–H groups in total. The molecule has 2 saturated heterocycles. The highest BCUT2D eigenvalue weighted by Crippen LogP contribution is 2.75. The van der Waals surface area contributed by atoms with Gasteiger partial charge in [-0.2, -0.15) is 0 Å². The summed E-state index contributed by atoms with van der Waals surface area (Å²) < 4.78 is 10.1. The Morgan fingerprint density at radius 1 is 1.16 bits per heavy atom. The molecule has 0 aromatic heterocycles. The number of carbonyl (C=O) groups excluding carboxylic acids is 5. The number of ether oxygens (including phenoxy) is 2. The van der Waals surface area contributed by atoms with Crippen molar-refractivity contribution < 1.29 is 33.4 Å². The summed E-state index contributed by atoms with van der Waals surface area (Å²) in [5.74, 6) is -3.48. The highest BCUT2D eigenvalue weighted by atomic mass is 16.5. The lowest BCUT2D eigenvalue weighted by molar-refractivity contribution is -0.186. The van der Waals surface area contributed by atoms with Crippen LogP contribution >= 0.6 is 0 Å². The van der Waals surface area contributed by atoms with E-state index in [9.17, 15) is 24.0 Å². The number of rotatable bonds is 2. The fourth-order valence-electron chi connectivity index (χ4n) is 8.01. The zero-order valence-corrected chi connectivity index (χ0v) is 18.2. The van der Waals surface area contributed by atoms with Crippen LogP contribution in [0.3, 0.4) is 0 Å². The molecule has 1 amide bonds. The van der Waals surface area contributed by atoms with Crippen LogP contribution < -0.4 is 0 Å². The van der Waals surface area contributed by atoms with Gasteiger partial charge in [0, 0.05) is 35.9 Å². The minimum atomic E-state index is -1.62. The molecule has 2 unspecified atom stereocenters. The number of esters is 2. The molecular weight excluding hydrogens is 402 g/mol. The summed E-state index contributed by atoms with van der Waals surface area (Å²) in [6.45, 7) is 4.16. The molecule has 0 aromatic rings. The van der Waals surface area contributed by atoms with Gasteiger partial charge in [0.15, 0.2) is 5.41 Å². The maximum Gasteiger partial charge on any atom is 0.334 e. The lowest BCUT2D eigenvalue weighted by atomic mass is 9.40. The summed E-state index contributed by atoms with van der Waals surface area (Å²) in [6.07, 6.45) is 2.15. The number of amides is 1. The molecule has 2 heterocycles. The zero-order valence-electron chi connectivity index (χ0n) is 18.2. The molecule has 5 aliphatic rings. The first kappa shape index (κ1) is 20.4. The third-order valence-electron chi connectivity index (χ3n) is 9.38. The van der Waals surface area contributed by atoms with Crippen molar-refractivity contribution in [1.29, 1.82) is 0 Å². The van der Waals surface area contributed by atoms with E-state index < -0.39 is 34.1 Å². The monoisotopic (exact) mass is 429 g/mol. The van der Waals surface area contributed by atoms with Crippen LogP contribution in [0.4, 0.5) is 0 Å². The van der Waals surface area contributed by atoms with Gasteiger partial charge in [-0.3, -0.25) is 19.2 Å². The van der Waals surface area contributed by atoms with Crippen molar-refractivity contribution in [3.05, 3.63) is 11.6 Å². The summed E-state index contributed by atoms with van der Waals surface area (Å²) in [4.78, 5) is 69.5. The molecule has 0 radical (unpaired) electrons. The average molecular weight is 429 g/mol. The van der Waals surface area contributed by atoms with Crippen molar-refractivity contribution in [2.75, 3.05) is 20.8 Å². The Labute approximate surface area is 180 Å². The zero-order chi connectivity index (χ0) is 22.5. The molecular formula is C23H27NO7. The van der Waals surface area contributed by atoms with E-state index in [-0.39, 0.29) is 60.2 Å². The molecule has 3 aliphatic carbocycles. The second-order valence-electron chi connectivity index (χ2n) is 9.98. The van der Waals surface area contributed by atoms with E-state index in [0.29, 0.717) is 13.0 Å². The van der Waals surface area contributed by atoms with Crippen molar-refractivity contribution in [1.82, 2.24) is 4.90 Å². The van der Waals surface area contributed by atoms with E-state index in [0.717, 1.165) is 0 Å². The number of fused-ring (bicyclic) bond motifs is 1. The second-order valence-corrected chi connectivity index (χ2v) is 9.98. The minimum Gasteiger partial charge on any atom is -0.468 e. The molecule has 8 heteroatoms. The van der Waals surface area contributed by atoms with Crippen LogP contribution in [0.2, 0.25) is 0 Å². The maximum atomic E-state index is 14.2.